The van der Waals surface area contributed by atoms with E-state index in [1.165, 1.54) is 5.01 Å². The van der Waals surface area contributed by atoms with Gasteiger partial charge in [-0.05, 0) is 36.4 Å². The first kappa shape index (κ1) is 19.1. The Kier molecular flexibility index (Phi) is 5.39. The van der Waals surface area contributed by atoms with E-state index < -0.39 is 5.91 Å². The summed E-state index contributed by atoms with van der Waals surface area (Å²) in [6, 6.07) is 24.7. The van der Waals surface area contributed by atoms with Crippen molar-refractivity contribution in [2.75, 3.05) is 12.1 Å². The third-order valence-corrected chi connectivity index (χ3v) is 4.61. The van der Waals surface area contributed by atoms with Crippen molar-refractivity contribution in [3.8, 4) is 5.75 Å². The van der Waals surface area contributed by atoms with Gasteiger partial charge in [0.15, 0.2) is 0 Å². The van der Waals surface area contributed by atoms with Crippen molar-refractivity contribution >= 4 is 28.4 Å². The SMILES string of the molecule is COc1cc(N(NC(=O)c2ccccc2)C(=O)c2ccccc2)c2ncccc2c1. The molecule has 148 valence electrons. The third kappa shape index (κ3) is 3.84. The van der Waals surface area contributed by atoms with Gasteiger partial charge in [-0.2, -0.15) is 0 Å². The number of ether oxygens (including phenoxy) is 1. The Hall–Kier alpha value is -4.19. The highest BCUT2D eigenvalue weighted by atomic mass is 16.5. The first-order valence-corrected chi connectivity index (χ1v) is 9.35. The minimum absolute atomic E-state index is 0.389. The van der Waals surface area contributed by atoms with E-state index in [0.29, 0.717) is 28.1 Å². The normalized spacial score (nSPS) is 10.4. The van der Waals surface area contributed by atoms with Gasteiger partial charge in [0.25, 0.3) is 11.8 Å². The second kappa shape index (κ2) is 8.45. The highest BCUT2D eigenvalue weighted by Gasteiger charge is 2.24. The van der Waals surface area contributed by atoms with Gasteiger partial charge in [0.2, 0.25) is 0 Å². The third-order valence-electron chi connectivity index (χ3n) is 4.61. The van der Waals surface area contributed by atoms with Crippen LogP contribution in [-0.4, -0.2) is 23.9 Å². The molecular weight excluding hydrogens is 378 g/mol. The first-order chi connectivity index (χ1) is 14.7. The monoisotopic (exact) mass is 397 g/mol. The highest BCUT2D eigenvalue weighted by molar-refractivity contribution is 6.12. The van der Waals surface area contributed by atoms with E-state index in [1.54, 1.807) is 74.0 Å². The van der Waals surface area contributed by atoms with Gasteiger partial charge in [0.05, 0.1) is 18.3 Å². The van der Waals surface area contributed by atoms with Crippen molar-refractivity contribution < 1.29 is 14.3 Å². The van der Waals surface area contributed by atoms with Crippen LogP contribution in [-0.2, 0) is 0 Å². The number of carbonyl (C=O) groups excluding carboxylic acids is 2. The fourth-order valence-corrected chi connectivity index (χ4v) is 3.12. The van der Waals surface area contributed by atoms with Crippen LogP contribution in [0.1, 0.15) is 20.7 Å². The van der Waals surface area contributed by atoms with Gasteiger partial charge in [0.1, 0.15) is 5.75 Å². The molecule has 30 heavy (non-hydrogen) atoms. The van der Waals surface area contributed by atoms with Crippen LogP contribution in [0.3, 0.4) is 0 Å². The molecule has 0 aliphatic heterocycles. The molecule has 0 bridgehead atoms. The maximum absolute atomic E-state index is 13.4. The standard InChI is InChI=1S/C24H19N3O3/c1-30-20-15-19-13-8-14-25-22(19)21(16-20)27(24(29)18-11-6-3-7-12-18)26-23(28)17-9-4-2-5-10-17/h2-16H,1H3,(H,26,28). The predicted octanol–water partition coefficient (Wildman–Crippen LogP) is 4.24. The zero-order valence-corrected chi connectivity index (χ0v) is 16.3. The summed E-state index contributed by atoms with van der Waals surface area (Å²) in [6.07, 6.45) is 1.64. The van der Waals surface area contributed by atoms with Crippen LogP contribution in [0.2, 0.25) is 0 Å². The largest absolute Gasteiger partial charge is 0.497 e. The average molecular weight is 397 g/mol. The Morgan fingerprint density at radius 1 is 0.867 bits per heavy atom. The lowest BCUT2D eigenvalue weighted by molar-refractivity contribution is 0.0888. The van der Waals surface area contributed by atoms with Gasteiger partial charge in [-0.3, -0.25) is 20.0 Å². The molecule has 3 aromatic carbocycles. The molecule has 0 saturated heterocycles. The topological polar surface area (TPSA) is 71.5 Å². The van der Waals surface area contributed by atoms with Crippen molar-refractivity contribution in [1.82, 2.24) is 10.4 Å². The second-order valence-corrected chi connectivity index (χ2v) is 6.54. The zero-order chi connectivity index (χ0) is 20.9. The number of hydrazine groups is 1. The van der Waals surface area contributed by atoms with Crippen LogP contribution in [0.25, 0.3) is 10.9 Å². The van der Waals surface area contributed by atoms with Crippen LogP contribution in [0.4, 0.5) is 5.69 Å². The van der Waals surface area contributed by atoms with Crippen molar-refractivity contribution in [1.29, 1.82) is 0 Å². The summed E-state index contributed by atoms with van der Waals surface area (Å²) in [7, 11) is 1.55. The summed E-state index contributed by atoms with van der Waals surface area (Å²) in [5.74, 6) is -0.253. The van der Waals surface area contributed by atoms with Gasteiger partial charge in [-0.25, -0.2) is 5.01 Å². The fraction of sp³-hybridized carbons (Fsp3) is 0.0417. The molecule has 6 heteroatoms. The van der Waals surface area contributed by atoms with Gasteiger partial charge in [0, 0.05) is 28.8 Å². The van der Waals surface area contributed by atoms with E-state index in [4.69, 9.17) is 4.74 Å². The smallest absolute Gasteiger partial charge is 0.277 e. The molecule has 2 amide bonds. The van der Waals surface area contributed by atoms with Crippen LogP contribution in [0.5, 0.6) is 5.75 Å². The number of nitrogens with one attached hydrogen (secondary N) is 1. The summed E-state index contributed by atoms with van der Waals surface area (Å²) < 4.78 is 5.41. The number of rotatable bonds is 4. The summed E-state index contributed by atoms with van der Waals surface area (Å²) in [4.78, 5) is 30.7. The first-order valence-electron chi connectivity index (χ1n) is 9.35. The molecule has 0 aliphatic rings. The van der Waals surface area contributed by atoms with Gasteiger partial charge < -0.3 is 4.74 Å². The Labute approximate surface area is 173 Å². The van der Waals surface area contributed by atoms with E-state index in [1.807, 2.05) is 24.3 Å². The number of carbonyl (C=O) groups is 2. The molecule has 6 nitrogen and oxygen atoms in total. The average Bonchev–Trinajstić information content (AvgIpc) is 2.82. The quantitative estimate of drug-likeness (QED) is 0.523. The van der Waals surface area contributed by atoms with E-state index in [-0.39, 0.29) is 5.91 Å². The lowest BCUT2D eigenvalue weighted by atomic mass is 10.1. The Bertz CT molecular complexity index is 1190. The molecule has 0 radical (unpaired) electrons. The van der Waals surface area contributed by atoms with Crippen molar-refractivity contribution in [2.24, 2.45) is 0 Å². The Morgan fingerprint density at radius 3 is 2.20 bits per heavy atom. The molecule has 1 N–H and O–H groups in total. The number of methoxy groups -OCH3 is 1. The number of pyridine rings is 1. The lowest BCUT2D eigenvalue weighted by Crippen LogP contribution is -2.46. The number of fused-ring (bicyclic) bond motifs is 1. The molecule has 0 aliphatic carbocycles. The minimum Gasteiger partial charge on any atom is -0.497 e. The van der Waals surface area contributed by atoms with Crippen LogP contribution >= 0.6 is 0 Å². The fourth-order valence-electron chi connectivity index (χ4n) is 3.12. The maximum atomic E-state index is 13.4. The number of hydrogen-bond acceptors (Lipinski definition) is 4. The van der Waals surface area contributed by atoms with Crippen LogP contribution in [0, 0.1) is 0 Å². The highest BCUT2D eigenvalue weighted by Crippen LogP contribution is 2.31. The number of anilines is 1. The second-order valence-electron chi connectivity index (χ2n) is 6.54. The van der Waals surface area contributed by atoms with E-state index >= 15 is 0 Å². The van der Waals surface area contributed by atoms with Crippen molar-refractivity contribution in [3.05, 3.63) is 102 Å². The Morgan fingerprint density at radius 2 is 1.53 bits per heavy atom. The van der Waals surface area contributed by atoms with Crippen molar-refractivity contribution in [2.45, 2.75) is 0 Å². The number of benzene rings is 3. The molecule has 1 heterocycles. The molecular formula is C24H19N3O3. The van der Waals surface area contributed by atoms with Gasteiger partial charge in [-0.15, -0.1) is 0 Å². The number of aromatic nitrogens is 1. The summed E-state index contributed by atoms with van der Waals surface area (Å²) >= 11 is 0. The number of amides is 2. The maximum Gasteiger partial charge on any atom is 0.277 e. The summed E-state index contributed by atoms with van der Waals surface area (Å²) in [5.41, 5.74) is 4.59. The summed E-state index contributed by atoms with van der Waals surface area (Å²) in [6.45, 7) is 0. The predicted molar refractivity (Wildman–Crippen MR) is 115 cm³/mol. The molecule has 0 saturated carbocycles. The number of nitrogens with zero attached hydrogens (tertiary/aromatic N) is 2. The molecule has 4 rings (SSSR count). The molecule has 0 atom stereocenters. The molecule has 0 unspecified atom stereocenters. The van der Waals surface area contributed by atoms with Crippen molar-refractivity contribution in [3.63, 3.8) is 0 Å². The van der Waals surface area contributed by atoms with Crippen LogP contribution in [0.15, 0.2) is 91.1 Å². The van der Waals surface area contributed by atoms with E-state index in [0.717, 1.165) is 5.39 Å². The lowest BCUT2D eigenvalue weighted by Gasteiger charge is -2.25. The van der Waals surface area contributed by atoms with Gasteiger partial charge >= 0.3 is 0 Å². The zero-order valence-electron chi connectivity index (χ0n) is 16.3. The number of hydrogen-bond donors (Lipinski definition) is 1. The molecule has 1 aromatic heterocycles. The van der Waals surface area contributed by atoms with E-state index in [2.05, 4.69) is 10.4 Å². The molecule has 0 fully saturated rings. The minimum atomic E-state index is -0.410. The molecule has 0 spiro atoms. The summed E-state index contributed by atoms with van der Waals surface area (Å²) in [5, 5.41) is 2.01. The van der Waals surface area contributed by atoms with Crippen LogP contribution < -0.4 is 15.2 Å². The van der Waals surface area contributed by atoms with E-state index in [9.17, 15) is 9.59 Å². The van der Waals surface area contributed by atoms with Gasteiger partial charge in [-0.1, -0.05) is 42.5 Å². The molecule has 4 aromatic rings. The Balaban J connectivity index is 1.84.